The lowest BCUT2D eigenvalue weighted by Crippen LogP contribution is -2.54. The molecule has 2 heterocycles. The first-order valence-electron chi connectivity index (χ1n) is 12.8. The highest BCUT2D eigenvalue weighted by Crippen LogP contribution is 2.46. The van der Waals surface area contributed by atoms with E-state index in [4.69, 9.17) is 11.0 Å². The molecule has 0 radical (unpaired) electrons. The summed E-state index contributed by atoms with van der Waals surface area (Å²) in [6.45, 7) is 9.08. The summed E-state index contributed by atoms with van der Waals surface area (Å²) in [5, 5.41) is 19.6. The normalized spacial score (nSPS) is 20.8. The molecule has 6 heteroatoms. The van der Waals surface area contributed by atoms with Crippen LogP contribution in [0.15, 0.2) is 48.5 Å². The van der Waals surface area contributed by atoms with Crippen LogP contribution in [0, 0.1) is 46.2 Å². The molecule has 0 aromatic heterocycles. The fourth-order valence-corrected chi connectivity index (χ4v) is 6.42. The average Bonchev–Trinajstić information content (AvgIpc) is 2.85. The molecule has 184 valence electrons. The number of nitrogens with zero attached hydrogens (tertiary/aromatic N) is 4. The van der Waals surface area contributed by atoms with Gasteiger partial charge in [-0.1, -0.05) is 19.1 Å². The van der Waals surface area contributed by atoms with Crippen molar-refractivity contribution in [1.29, 1.82) is 10.5 Å². The van der Waals surface area contributed by atoms with Crippen LogP contribution < -0.4 is 10.6 Å². The molecule has 2 saturated heterocycles. The Kier molecular flexibility index (Phi) is 7.75. The number of nitriles is 2. The van der Waals surface area contributed by atoms with Gasteiger partial charge in [-0.05, 0) is 93.1 Å². The summed E-state index contributed by atoms with van der Waals surface area (Å²) in [6, 6.07) is 19.1. The average molecular weight is 474 g/mol. The Morgan fingerprint density at radius 1 is 1.11 bits per heavy atom. The van der Waals surface area contributed by atoms with Crippen LogP contribution in [0.4, 0.5) is 10.1 Å². The van der Waals surface area contributed by atoms with Crippen LogP contribution in [0.3, 0.4) is 0 Å². The van der Waals surface area contributed by atoms with Gasteiger partial charge in [0.25, 0.3) is 0 Å². The molecule has 2 aromatic carbocycles. The molecule has 0 aliphatic carbocycles. The van der Waals surface area contributed by atoms with Gasteiger partial charge < -0.3 is 15.5 Å². The van der Waals surface area contributed by atoms with Gasteiger partial charge in [0, 0.05) is 37.3 Å². The van der Waals surface area contributed by atoms with Gasteiger partial charge in [0.1, 0.15) is 5.82 Å². The summed E-state index contributed by atoms with van der Waals surface area (Å²) in [7, 11) is 0. The van der Waals surface area contributed by atoms with Crippen molar-refractivity contribution in [3.63, 3.8) is 0 Å². The fourth-order valence-electron chi connectivity index (χ4n) is 6.42. The van der Waals surface area contributed by atoms with Crippen molar-refractivity contribution in [2.24, 2.45) is 23.5 Å². The number of hydrogen-bond donors (Lipinski definition) is 1. The van der Waals surface area contributed by atoms with Crippen molar-refractivity contribution in [2.45, 2.75) is 44.6 Å². The highest BCUT2D eigenvalue weighted by Gasteiger charge is 2.49. The van der Waals surface area contributed by atoms with E-state index in [-0.39, 0.29) is 23.7 Å². The largest absolute Gasteiger partial charge is 0.371 e. The van der Waals surface area contributed by atoms with E-state index in [0.29, 0.717) is 11.5 Å². The third kappa shape index (κ3) is 5.06. The van der Waals surface area contributed by atoms with Crippen molar-refractivity contribution in [3.8, 4) is 12.1 Å². The van der Waals surface area contributed by atoms with Gasteiger partial charge in [-0.15, -0.1) is 0 Å². The van der Waals surface area contributed by atoms with E-state index in [1.165, 1.54) is 11.8 Å². The number of anilines is 1. The SMILES string of the molecule is CCC(C(C)N)C(C#N)(c1cccc(F)c1)C1CCN(CC2CN(c3ccc(C#N)cc3)C2)CC1. The second kappa shape index (κ2) is 10.8. The lowest BCUT2D eigenvalue weighted by atomic mass is 9.58. The van der Waals surface area contributed by atoms with Gasteiger partial charge in [-0.25, -0.2) is 4.39 Å². The van der Waals surface area contributed by atoms with Gasteiger partial charge >= 0.3 is 0 Å². The second-order valence-corrected chi connectivity index (χ2v) is 10.4. The predicted octanol–water partition coefficient (Wildman–Crippen LogP) is 4.68. The molecule has 3 atom stereocenters. The van der Waals surface area contributed by atoms with Crippen LogP contribution in [0.1, 0.15) is 44.2 Å². The van der Waals surface area contributed by atoms with E-state index in [9.17, 15) is 9.65 Å². The molecule has 0 amide bonds. The lowest BCUT2D eigenvalue weighted by Gasteiger charge is -2.48. The molecule has 2 N–H and O–H groups in total. The summed E-state index contributed by atoms with van der Waals surface area (Å²) < 4.78 is 14.2. The topological polar surface area (TPSA) is 80.1 Å². The Bertz CT molecular complexity index is 1070. The zero-order chi connectivity index (χ0) is 25.0. The van der Waals surface area contributed by atoms with Crippen LogP contribution in [0.5, 0.6) is 0 Å². The highest BCUT2D eigenvalue weighted by atomic mass is 19.1. The Morgan fingerprint density at radius 3 is 2.34 bits per heavy atom. The number of hydrogen-bond acceptors (Lipinski definition) is 5. The maximum atomic E-state index is 14.2. The minimum atomic E-state index is -0.778. The van der Waals surface area contributed by atoms with E-state index in [2.05, 4.69) is 28.9 Å². The molecule has 4 rings (SSSR count). The van der Waals surface area contributed by atoms with E-state index in [1.807, 2.05) is 37.3 Å². The van der Waals surface area contributed by atoms with Crippen LogP contribution in [-0.2, 0) is 5.41 Å². The number of rotatable bonds is 8. The number of halogens is 1. The van der Waals surface area contributed by atoms with E-state index in [0.717, 1.165) is 57.5 Å². The summed E-state index contributed by atoms with van der Waals surface area (Å²) >= 11 is 0. The molecular weight excluding hydrogens is 437 g/mol. The van der Waals surface area contributed by atoms with Gasteiger partial charge in [-0.3, -0.25) is 0 Å². The molecule has 2 aromatic rings. The molecule has 0 saturated carbocycles. The van der Waals surface area contributed by atoms with E-state index < -0.39 is 5.41 Å². The Morgan fingerprint density at radius 2 is 1.80 bits per heavy atom. The smallest absolute Gasteiger partial charge is 0.123 e. The van der Waals surface area contributed by atoms with Gasteiger partial charge in [0.05, 0.1) is 23.1 Å². The summed E-state index contributed by atoms with van der Waals surface area (Å²) in [4.78, 5) is 4.88. The summed E-state index contributed by atoms with van der Waals surface area (Å²) in [5.74, 6) is 0.450. The molecular formula is C29H36FN5. The van der Waals surface area contributed by atoms with Crippen molar-refractivity contribution in [1.82, 2.24) is 4.90 Å². The third-order valence-corrected chi connectivity index (χ3v) is 8.21. The van der Waals surface area contributed by atoms with Gasteiger partial charge in [0.2, 0.25) is 0 Å². The second-order valence-electron chi connectivity index (χ2n) is 10.4. The zero-order valence-corrected chi connectivity index (χ0v) is 20.8. The van der Waals surface area contributed by atoms with Crippen LogP contribution in [0.25, 0.3) is 0 Å². The first kappa shape index (κ1) is 25.2. The number of benzene rings is 2. The van der Waals surface area contributed by atoms with Gasteiger partial charge in [-0.2, -0.15) is 10.5 Å². The van der Waals surface area contributed by atoms with Crippen LogP contribution in [0.2, 0.25) is 0 Å². The third-order valence-electron chi connectivity index (χ3n) is 8.21. The Hall–Kier alpha value is -2.93. The number of piperidine rings is 1. The van der Waals surface area contributed by atoms with Crippen LogP contribution >= 0.6 is 0 Å². The lowest BCUT2D eigenvalue weighted by molar-refractivity contribution is 0.0946. The van der Waals surface area contributed by atoms with Crippen molar-refractivity contribution >= 4 is 5.69 Å². The van der Waals surface area contributed by atoms with Crippen molar-refractivity contribution in [3.05, 3.63) is 65.5 Å². The quantitative estimate of drug-likeness (QED) is 0.602. The molecule has 35 heavy (non-hydrogen) atoms. The van der Waals surface area contributed by atoms with Gasteiger partial charge in [0.15, 0.2) is 0 Å². The van der Waals surface area contributed by atoms with Crippen molar-refractivity contribution < 1.29 is 4.39 Å². The monoisotopic (exact) mass is 473 g/mol. The molecule has 2 aliphatic rings. The molecule has 0 spiro atoms. The minimum Gasteiger partial charge on any atom is -0.371 e. The molecule has 2 aliphatic heterocycles. The van der Waals surface area contributed by atoms with Crippen LogP contribution in [-0.4, -0.2) is 43.7 Å². The van der Waals surface area contributed by atoms with E-state index in [1.54, 1.807) is 12.1 Å². The Balaban J connectivity index is 1.40. The Labute approximate surface area is 208 Å². The molecule has 0 bridgehead atoms. The van der Waals surface area contributed by atoms with Crippen molar-refractivity contribution in [2.75, 3.05) is 37.6 Å². The highest BCUT2D eigenvalue weighted by molar-refractivity contribution is 5.51. The van der Waals surface area contributed by atoms with E-state index >= 15 is 0 Å². The molecule has 5 nitrogen and oxygen atoms in total. The number of nitrogens with two attached hydrogens (primary N) is 1. The predicted molar refractivity (Wildman–Crippen MR) is 137 cm³/mol. The maximum Gasteiger partial charge on any atom is 0.123 e. The minimum absolute atomic E-state index is 0.0292. The summed E-state index contributed by atoms with van der Waals surface area (Å²) in [5.41, 5.74) is 8.28. The molecule has 3 unspecified atom stereocenters. The summed E-state index contributed by atoms with van der Waals surface area (Å²) in [6.07, 6.45) is 2.62. The standard InChI is InChI=1S/C29H36FN5/c1-3-28(21(2)33)29(20-32,25-5-4-6-26(30)15-25)24-11-13-34(14-12-24)17-23-18-35(19-23)27-9-7-22(16-31)8-10-27/h4-10,15,21,23-24,28H,3,11-14,17-19,33H2,1-2H3. The molecule has 2 fully saturated rings. The fraction of sp³-hybridized carbons (Fsp3) is 0.517. The maximum absolute atomic E-state index is 14.2. The zero-order valence-electron chi connectivity index (χ0n) is 20.8. The first-order chi connectivity index (χ1) is 16.9. The number of likely N-dealkylation sites (tertiary alicyclic amines) is 1. The first-order valence-corrected chi connectivity index (χ1v) is 12.8.